The summed E-state index contributed by atoms with van der Waals surface area (Å²) in [6.45, 7) is 12.5. The van der Waals surface area contributed by atoms with Crippen LogP contribution >= 0.6 is 11.8 Å². The molecule has 0 saturated heterocycles. The van der Waals surface area contributed by atoms with Gasteiger partial charge in [-0.25, -0.2) is 0 Å². The van der Waals surface area contributed by atoms with Gasteiger partial charge in [0.1, 0.15) is 6.04 Å². The van der Waals surface area contributed by atoms with Crippen LogP contribution in [0.1, 0.15) is 55.0 Å². The van der Waals surface area contributed by atoms with E-state index in [-0.39, 0.29) is 17.9 Å². The topological polar surface area (TPSA) is 49.4 Å². The van der Waals surface area contributed by atoms with Crippen LogP contribution in [0.5, 0.6) is 0 Å². The summed E-state index contributed by atoms with van der Waals surface area (Å²) < 4.78 is 0. The number of benzene rings is 2. The van der Waals surface area contributed by atoms with Crippen LogP contribution in [0.15, 0.2) is 42.5 Å². The van der Waals surface area contributed by atoms with Crippen LogP contribution in [0, 0.1) is 20.8 Å². The molecule has 2 aromatic rings. The van der Waals surface area contributed by atoms with Gasteiger partial charge in [-0.15, -0.1) is 11.8 Å². The van der Waals surface area contributed by atoms with Gasteiger partial charge in [-0.1, -0.05) is 60.5 Å². The van der Waals surface area contributed by atoms with Crippen LogP contribution < -0.4 is 5.32 Å². The van der Waals surface area contributed by atoms with E-state index in [4.69, 9.17) is 0 Å². The van der Waals surface area contributed by atoms with Gasteiger partial charge in [0.25, 0.3) is 0 Å². The predicted octanol–water partition coefficient (Wildman–Crippen LogP) is 5.18. The van der Waals surface area contributed by atoms with E-state index in [9.17, 15) is 9.59 Å². The fourth-order valence-corrected chi connectivity index (χ4v) is 4.36. The van der Waals surface area contributed by atoms with Gasteiger partial charge in [-0.05, 0) is 57.7 Å². The Morgan fingerprint density at radius 2 is 1.68 bits per heavy atom. The van der Waals surface area contributed by atoms with E-state index >= 15 is 0 Å². The van der Waals surface area contributed by atoms with Gasteiger partial charge in [0, 0.05) is 18.3 Å². The SMILES string of the molecule is CCC(C)NC(=O)C(C)N(Cc1ccccc1C)C(=O)CSCc1cc(C)cc(C)c1. The van der Waals surface area contributed by atoms with E-state index in [1.54, 1.807) is 16.7 Å². The van der Waals surface area contributed by atoms with Crippen LogP contribution in [-0.4, -0.2) is 34.6 Å². The molecule has 4 nitrogen and oxygen atoms in total. The largest absolute Gasteiger partial charge is 0.352 e. The molecule has 0 aliphatic carbocycles. The normalized spacial score (nSPS) is 12.8. The zero-order valence-corrected chi connectivity index (χ0v) is 20.5. The molecule has 0 radical (unpaired) electrons. The van der Waals surface area contributed by atoms with Crippen LogP contribution in [0.25, 0.3) is 0 Å². The number of aryl methyl sites for hydroxylation is 3. The van der Waals surface area contributed by atoms with Crippen molar-refractivity contribution >= 4 is 23.6 Å². The summed E-state index contributed by atoms with van der Waals surface area (Å²) in [7, 11) is 0. The van der Waals surface area contributed by atoms with Crippen LogP contribution in [-0.2, 0) is 21.9 Å². The average molecular weight is 441 g/mol. The molecule has 168 valence electrons. The Balaban J connectivity index is 2.11. The second kappa shape index (κ2) is 11.9. The lowest BCUT2D eigenvalue weighted by Crippen LogP contribution is -2.50. The number of rotatable bonds is 10. The lowest BCUT2D eigenvalue weighted by Gasteiger charge is -2.30. The summed E-state index contributed by atoms with van der Waals surface area (Å²) in [5.74, 6) is 1.01. The summed E-state index contributed by atoms with van der Waals surface area (Å²) in [5.41, 5.74) is 5.89. The second-order valence-electron chi connectivity index (χ2n) is 8.43. The van der Waals surface area contributed by atoms with Crippen molar-refractivity contribution in [1.29, 1.82) is 0 Å². The van der Waals surface area contributed by atoms with Gasteiger partial charge in [0.05, 0.1) is 5.75 Å². The lowest BCUT2D eigenvalue weighted by atomic mass is 10.1. The highest BCUT2D eigenvalue weighted by atomic mass is 32.2. The quantitative estimate of drug-likeness (QED) is 0.554. The minimum absolute atomic E-state index is 0.00979. The van der Waals surface area contributed by atoms with E-state index in [1.165, 1.54) is 16.7 Å². The van der Waals surface area contributed by atoms with Crippen molar-refractivity contribution in [3.05, 3.63) is 70.3 Å². The minimum Gasteiger partial charge on any atom is -0.352 e. The van der Waals surface area contributed by atoms with Gasteiger partial charge in [-0.3, -0.25) is 9.59 Å². The van der Waals surface area contributed by atoms with Gasteiger partial charge >= 0.3 is 0 Å². The zero-order chi connectivity index (χ0) is 23.0. The molecule has 2 amide bonds. The van der Waals surface area contributed by atoms with Crippen LogP contribution in [0.3, 0.4) is 0 Å². The highest BCUT2D eigenvalue weighted by Gasteiger charge is 2.27. The molecule has 1 N–H and O–H groups in total. The van der Waals surface area contributed by atoms with Crippen molar-refractivity contribution in [2.75, 3.05) is 5.75 Å². The number of nitrogens with zero attached hydrogens (tertiary/aromatic N) is 1. The fourth-order valence-electron chi connectivity index (χ4n) is 3.51. The molecule has 31 heavy (non-hydrogen) atoms. The minimum atomic E-state index is -0.525. The molecule has 0 spiro atoms. The Hall–Kier alpha value is -2.27. The molecular weight excluding hydrogens is 404 g/mol. The van der Waals surface area contributed by atoms with Crippen molar-refractivity contribution in [2.24, 2.45) is 0 Å². The molecule has 0 fully saturated rings. The first-order valence-corrected chi connectivity index (χ1v) is 12.2. The molecule has 5 heteroatoms. The van der Waals surface area contributed by atoms with Crippen LogP contribution in [0.4, 0.5) is 0 Å². The Morgan fingerprint density at radius 3 is 2.29 bits per heavy atom. The maximum atomic E-state index is 13.2. The predicted molar refractivity (Wildman–Crippen MR) is 131 cm³/mol. The number of hydrogen-bond acceptors (Lipinski definition) is 3. The highest BCUT2D eigenvalue weighted by molar-refractivity contribution is 7.99. The molecule has 0 aliphatic heterocycles. The first-order valence-electron chi connectivity index (χ1n) is 11.0. The van der Waals surface area contributed by atoms with Crippen molar-refractivity contribution < 1.29 is 9.59 Å². The molecule has 2 atom stereocenters. The number of amides is 2. The Labute approximate surface area is 191 Å². The lowest BCUT2D eigenvalue weighted by molar-refractivity contribution is -0.138. The maximum absolute atomic E-state index is 13.2. The van der Waals surface area contributed by atoms with E-state index in [2.05, 4.69) is 37.4 Å². The monoisotopic (exact) mass is 440 g/mol. The summed E-state index contributed by atoms with van der Waals surface area (Å²) in [6, 6.07) is 14.1. The number of nitrogens with one attached hydrogen (secondary N) is 1. The first-order chi connectivity index (χ1) is 14.7. The molecule has 0 bridgehead atoms. The van der Waals surface area contributed by atoms with Crippen molar-refractivity contribution in [1.82, 2.24) is 10.2 Å². The molecule has 0 heterocycles. The molecule has 2 unspecified atom stereocenters. The number of thioether (sulfide) groups is 1. The number of carbonyl (C=O) groups excluding carboxylic acids is 2. The number of carbonyl (C=O) groups is 2. The molecular formula is C26H36N2O2S. The molecule has 2 rings (SSSR count). The third kappa shape index (κ3) is 7.73. The summed E-state index contributed by atoms with van der Waals surface area (Å²) in [4.78, 5) is 27.7. The number of hydrogen-bond donors (Lipinski definition) is 1. The molecule has 0 saturated carbocycles. The van der Waals surface area contributed by atoms with Crippen molar-refractivity contribution in [3.63, 3.8) is 0 Å². The molecule has 2 aromatic carbocycles. The summed E-state index contributed by atoms with van der Waals surface area (Å²) in [5, 5.41) is 3.02. The summed E-state index contributed by atoms with van der Waals surface area (Å²) in [6.07, 6.45) is 0.857. The van der Waals surface area contributed by atoms with E-state index in [0.717, 1.165) is 23.3 Å². The van der Waals surface area contributed by atoms with Gasteiger partial charge in [-0.2, -0.15) is 0 Å². The zero-order valence-electron chi connectivity index (χ0n) is 19.7. The molecule has 0 aromatic heterocycles. The average Bonchev–Trinajstić information content (AvgIpc) is 2.71. The van der Waals surface area contributed by atoms with Gasteiger partial charge in [0.15, 0.2) is 0 Å². The van der Waals surface area contributed by atoms with Gasteiger partial charge in [0.2, 0.25) is 11.8 Å². The smallest absolute Gasteiger partial charge is 0.242 e. The third-order valence-corrected chi connectivity index (χ3v) is 6.53. The van der Waals surface area contributed by atoms with E-state index < -0.39 is 6.04 Å². The molecule has 0 aliphatic rings. The van der Waals surface area contributed by atoms with Crippen LogP contribution in [0.2, 0.25) is 0 Å². The highest BCUT2D eigenvalue weighted by Crippen LogP contribution is 2.19. The standard InChI is InChI=1S/C26H36N2O2S/c1-7-21(5)27-26(30)22(6)28(15-24-11-9-8-10-20(24)4)25(29)17-31-16-23-13-18(2)12-19(3)14-23/h8-14,21-22H,7,15-17H2,1-6H3,(H,27,30). The van der Waals surface area contributed by atoms with Crippen molar-refractivity contribution in [2.45, 2.75) is 72.3 Å². The Kier molecular flexibility index (Phi) is 9.63. The van der Waals surface area contributed by atoms with E-state index in [0.29, 0.717) is 12.3 Å². The Morgan fingerprint density at radius 1 is 1.03 bits per heavy atom. The van der Waals surface area contributed by atoms with E-state index in [1.807, 2.05) is 52.0 Å². The first kappa shape index (κ1) is 25.0. The van der Waals surface area contributed by atoms with Gasteiger partial charge < -0.3 is 10.2 Å². The maximum Gasteiger partial charge on any atom is 0.242 e. The Bertz CT molecular complexity index is 876. The third-order valence-electron chi connectivity index (χ3n) is 5.55. The fraction of sp³-hybridized carbons (Fsp3) is 0.462. The summed E-state index contributed by atoms with van der Waals surface area (Å²) >= 11 is 1.60. The second-order valence-corrected chi connectivity index (χ2v) is 9.42. The van der Waals surface area contributed by atoms with Crippen molar-refractivity contribution in [3.8, 4) is 0 Å².